The number of carbonyl (C=O) groups is 1. The maximum absolute atomic E-state index is 11.8. The van der Waals surface area contributed by atoms with Crippen molar-refractivity contribution in [2.24, 2.45) is 0 Å². The fourth-order valence-electron chi connectivity index (χ4n) is 2.37. The molecule has 3 aromatic rings. The Bertz CT molecular complexity index is 855. The third-order valence-electron chi connectivity index (χ3n) is 3.51. The smallest absolute Gasteiger partial charge is 0.341 e. The van der Waals surface area contributed by atoms with Crippen molar-refractivity contribution in [3.8, 4) is 0 Å². The quantitative estimate of drug-likeness (QED) is 0.528. The molecule has 120 valence electrons. The highest BCUT2D eigenvalue weighted by Crippen LogP contribution is 2.22. The summed E-state index contributed by atoms with van der Waals surface area (Å²) in [5.41, 5.74) is 1.93. The second kappa shape index (κ2) is 6.41. The van der Waals surface area contributed by atoms with E-state index >= 15 is 0 Å². The number of carbonyl (C=O) groups excluding carboxylic acids is 1. The summed E-state index contributed by atoms with van der Waals surface area (Å²) in [7, 11) is 1.37. The second-order valence-corrected chi connectivity index (χ2v) is 5.88. The molecular formula is C15H17N5O2S. The summed E-state index contributed by atoms with van der Waals surface area (Å²) in [5, 5.41) is 9.15. The highest BCUT2D eigenvalue weighted by Gasteiger charge is 2.14. The number of aromatic nitrogens is 5. The fraction of sp³-hybridized carbons (Fsp3) is 0.333. The third kappa shape index (κ3) is 2.94. The molecule has 0 unspecified atom stereocenters. The Hall–Kier alpha value is -2.35. The van der Waals surface area contributed by atoms with Crippen LogP contribution in [0.2, 0.25) is 0 Å². The monoisotopic (exact) mass is 331 g/mol. The summed E-state index contributed by atoms with van der Waals surface area (Å²) in [5.74, 6) is 1.17. The van der Waals surface area contributed by atoms with E-state index in [1.54, 1.807) is 23.9 Å². The molecule has 3 heterocycles. The van der Waals surface area contributed by atoms with E-state index in [-0.39, 0.29) is 5.97 Å². The normalized spacial score (nSPS) is 11.1. The molecule has 0 saturated heterocycles. The molecule has 0 atom stereocenters. The van der Waals surface area contributed by atoms with Crippen LogP contribution in [-0.2, 0) is 17.0 Å². The van der Waals surface area contributed by atoms with Crippen molar-refractivity contribution in [1.82, 2.24) is 24.1 Å². The Morgan fingerprint density at radius 1 is 1.39 bits per heavy atom. The maximum atomic E-state index is 11.8. The molecule has 0 aliphatic heterocycles. The number of hydrogen-bond acceptors (Lipinski definition) is 6. The first-order valence-electron chi connectivity index (χ1n) is 7.21. The minimum Gasteiger partial charge on any atom is -0.465 e. The highest BCUT2D eigenvalue weighted by atomic mass is 32.2. The van der Waals surface area contributed by atoms with Crippen LogP contribution in [0.1, 0.15) is 28.8 Å². The molecular weight excluding hydrogens is 314 g/mol. The van der Waals surface area contributed by atoms with Crippen LogP contribution >= 0.6 is 11.8 Å². The molecule has 3 aromatic heterocycles. The summed E-state index contributed by atoms with van der Waals surface area (Å²) in [6.07, 6.45) is 3.77. The number of methoxy groups -OCH3 is 1. The van der Waals surface area contributed by atoms with E-state index in [0.29, 0.717) is 17.0 Å². The molecule has 0 spiro atoms. The van der Waals surface area contributed by atoms with Crippen LogP contribution in [0.3, 0.4) is 0 Å². The maximum Gasteiger partial charge on any atom is 0.341 e. The predicted molar refractivity (Wildman–Crippen MR) is 86.5 cm³/mol. The van der Waals surface area contributed by atoms with Gasteiger partial charge in [0.2, 0.25) is 0 Å². The minimum absolute atomic E-state index is 0.387. The molecule has 0 fully saturated rings. The van der Waals surface area contributed by atoms with Gasteiger partial charge in [0.25, 0.3) is 0 Å². The highest BCUT2D eigenvalue weighted by molar-refractivity contribution is 7.98. The van der Waals surface area contributed by atoms with Crippen LogP contribution in [-0.4, -0.2) is 37.2 Å². The Morgan fingerprint density at radius 2 is 2.22 bits per heavy atom. The number of pyridine rings is 1. The zero-order chi connectivity index (χ0) is 16.4. The van der Waals surface area contributed by atoms with Gasteiger partial charge in [-0.15, -0.1) is 10.2 Å². The van der Waals surface area contributed by atoms with Gasteiger partial charge in [-0.3, -0.25) is 0 Å². The number of rotatable bonds is 5. The second-order valence-electron chi connectivity index (χ2n) is 4.94. The summed E-state index contributed by atoms with van der Waals surface area (Å²) in [6.45, 7) is 4.83. The number of ether oxygens (including phenoxy) is 1. The minimum atomic E-state index is -0.387. The van der Waals surface area contributed by atoms with Gasteiger partial charge in [-0.25, -0.2) is 9.78 Å². The van der Waals surface area contributed by atoms with Gasteiger partial charge < -0.3 is 13.7 Å². The summed E-state index contributed by atoms with van der Waals surface area (Å²) in [6, 6.07) is 3.51. The number of esters is 1. The molecule has 0 saturated carbocycles. The average molecular weight is 331 g/mol. The number of fused-ring (bicyclic) bond motifs is 1. The Morgan fingerprint density at radius 3 is 2.96 bits per heavy atom. The fourth-order valence-corrected chi connectivity index (χ4v) is 3.31. The number of imidazole rings is 1. The van der Waals surface area contributed by atoms with E-state index in [9.17, 15) is 4.79 Å². The molecule has 0 amide bonds. The molecule has 23 heavy (non-hydrogen) atoms. The van der Waals surface area contributed by atoms with E-state index in [4.69, 9.17) is 4.74 Å². The molecule has 7 nitrogen and oxygen atoms in total. The molecule has 0 aliphatic rings. The molecule has 0 aromatic carbocycles. The van der Waals surface area contributed by atoms with Crippen molar-refractivity contribution >= 4 is 23.4 Å². The topological polar surface area (TPSA) is 74.3 Å². The molecule has 0 radical (unpaired) electrons. The average Bonchev–Trinajstić information content (AvgIpc) is 3.14. The molecule has 0 N–H and O–H groups in total. The Labute approximate surface area is 137 Å². The first-order valence-corrected chi connectivity index (χ1v) is 8.20. The first-order chi connectivity index (χ1) is 11.1. The molecule has 3 rings (SSSR count). The lowest BCUT2D eigenvalue weighted by molar-refractivity contribution is 0.0602. The van der Waals surface area contributed by atoms with Crippen molar-refractivity contribution in [1.29, 1.82) is 0 Å². The standard InChI is InChI=1S/C15H17N5O2S/c1-4-20-10(2)17-18-15(20)23-9-11-8-19-7-5-6-12(13(19)16-11)14(21)22-3/h5-8H,4,9H2,1-3H3. The van der Waals surface area contributed by atoms with Crippen molar-refractivity contribution in [2.75, 3.05) is 7.11 Å². The van der Waals surface area contributed by atoms with Gasteiger partial charge in [-0.2, -0.15) is 0 Å². The number of aryl methyl sites for hydroxylation is 1. The SMILES string of the molecule is CCn1c(C)nnc1SCc1cn2cccc(C(=O)OC)c2n1. The van der Waals surface area contributed by atoms with Crippen LogP contribution in [0.4, 0.5) is 0 Å². The Kier molecular flexibility index (Phi) is 4.33. The molecule has 0 bridgehead atoms. The van der Waals surface area contributed by atoms with E-state index in [1.807, 2.05) is 23.7 Å². The van der Waals surface area contributed by atoms with Crippen LogP contribution in [0.25, 0.3) is 5.65 Å². The lowest BCUT2D eigenvalue weighted by Crippen LogP contribution is -2.03. The predicted octanol–water partition coefficient (Wildman–Crippen LogP) is 2.33. The van der Waals surface area contributed by atoms with Gasteiger partial charge >= 0.3 is 5.97 Å². The zero-order valence-electron chi connectivity index (χ0n) is 13.2. The van der Waals surface area contributed by atoms with E-state index in [1.165, 1.54) is 7.11 Å². The Balaban J connectivity index is 1.85. The van der Waals surface area contributed by atoms with Gasteiger partial charge in [-0.05, 0) is 26.0 Å². The largest absolute Gasteiger partial charge is 0.465 e. The third-order valence-corrected chi connectivity index (χ3v) is 4.51. The van der Waals surface area contributed by atoms with E-state index in [0.717, 1.165) is 23.2 Å². The number of thioether (sulfide) groups is 1. The van der Waals surface area contributed by atoms with Crippen LogP contribution in [0, 0.1) is 6.92 Å². The zero-order valence-corrected chi connectivity index (χ0v) is 14.0. The molecule has 0 aliphatic carbocycles. The van der Waals surface area contributed by atoms with Crippen LogP contribution in [0.5, 0.6) is 0 Å². The lowest BCUT2D eigenvalue weighted by atomic mass is 10.3. The van der Waals surface area contributed by atoms with Crippen molar-refractivity contribution in [2.45, 2.75) is 31.3 Å². The van der Waals surface area contributed by atoms with Crippen molar-refractivity contribution in [3.63, 3.8) is 0 Å². The van der Waals surface area contributed by atoms with Crippen LogP contribution < -0.4 is 0 Å². The van der Waals surface area contributed by atoms with Gasteiger partial charge in [0, 0.05) is 24.7 Å². The lowest BCUT2D eigenvalue weighted by Gasteiger charge is -2.03. The van der Waals surface area contributed by atoms with Crippen molar-refractivity contribution < 1.29 is 9.53 Å². The first kappa shape index (κ1) is 15.5. The van der Waals surface area contributed by atoms with Crippen LogP contribution in [0.15, 0.2) is 29.7 Å². The van der Waals surface area contributed by atoms with E-state index in [2.05, 4.69) is 26.7 Å². The van der Waals surface area contributed by atoms with Gasteiger partial charge in [0.05, 0.1) is 12.8 Å². The van der Waals surface area contributed by atoms with Crippen molar-refractivity contribution in [3.05, 3.63) is 41.6 Å². The summed E-state index contributed by atoms with van der Waals surface area (Å²) < 4.78 is 8.68. The number of nitrogens with zero attached hydrogens (tertiary/aromatic N) is 5. The van der Waals surface area contributed by atoms with Gasteiger partial charge in [0.1, 0.15) is 11.4 Å². The molecule has 8 heteroatoms. The van der Waals surface area contributed by atoms with Gasteiger partial charge in [0.15, 0.2) is 10.8 Å². The van der Waals surface area contributed by atoms with E-state index < -0.39 is 0 Å². The number of hydrogen-bond donors (Lipinski definition) is 0. The summed E-state index contributed by atoms with van der Waals surface area (Å²) in [4.78, 5) is 16.3. The summed E-state index contributed by atoms with van der Waals surface area (Å²) >= 11 is 1.58. The van der Waals surface area contributed by atoms with Gasteiger partial charge in [-0.1, -0.05) is 11.8 Å².